The third-order valence-electron chi connectivity index (χ3n) is 4.35. The maximum Gasteiger partial charge on any atom is 0.191 e. The summed E-state index contributed by atoms with van der Waals surface area (Å²) in [5, 5.41) is 14.7. The van der Waals surface area contributed by atoms with Gasteiger partial charge in [0.1, 0.15) is 12.1 Å². The number of hydrogen-bond donors (Lipinski definition) is 2. The minimum Gasteiger partial charge on any atom is -0.493 e. The fourth-order valence-corrected chi connectivity index (χ4v) is 2.72. The summed E-state index contributed by atoms with van der Waals surface area (Å²) in [7, 11) is 1.76. The second-order valence-corrected chi connectivity index (χ2v) is 6.48. The molecule has 148 valence electrons. The Morgan fingerprint density at radius 3 is 2.74 bits per heavy atom. The summed E-state index contributed by atoms with van der Waals surface area (Å²) in [5.41, 5.74) is 2.32. The molecule has 2 N–H and O–H groups in total. The Labute approximate surface area is 162 Å². The van der Waals surface area contributed by atoms with Gasteiger partial charge in [-0.1, -0.05) is 31.9 Å². The third-order valence-corrected chi connectivity index (χ3v) is 4.35. The lowest BCUT2D eigenvalue weighted by molar-refractivity contribution is 0.303. The van der Waals surface area contributed by atoms with E-state index in [-0.39, 0.29) is 0 Å². The van der Waals surface area contributed by atoms with Crippen molar-refractivity contribution in [2.75, 3.05) is 13.7 Å². The number of guanidine groups is 1. The van der Waals surface area contributed by atoms with Crippen LogP contribution in [0.4, 0.5) is 0 Å². The minimum absolute atomic E-state index is 0.571. The van der Waals surface area contributed by atoms with Crippen LogP contribution in [-0.4, -0.2) is 34.4 Å². The van der Waals surface area contributed by atoms with Gasteiger partial charge < -0.3 is 19.9 Å². The summed E-state index contributed by atoms with van der Waals surface area (Å²) in [4.78, 5) is 4.29. The maximum atomic E-state index is 6.01. The minimum atomic E-state index is 0.571. The van der Waals surface area contributed by atoms with E-state index in [4.69, 9.17) is 4.74 Å². The van der Waals surface area contributed by atoms with Crippen LogP contribution in [0, 0.1) is 6.92 Å². The van der Waals surface area contributed by atoms with Gasteiger partial charge in [0.15, 0.2) is 11.8 Å². The van der Waals surface area contributed by atoms with Gasteiger partial charge in [0.2, 0.25) is 0 Å². The number of hydrogen-bond acceptors (Lipinski definition) is 4. The highest BCUT2D eigenvalue weighted by molar-refractivity contribution is 5.79. The molecule has 2 rings (SSSR count). The first kappa shape index (κ1) is 20.7. The molecule has 0 aliphatic carbocycles. The van der Waals surface area contributed by atoms with Crippen LogP contribution in [0.3, 0.4) is 0 Å². The molecule has 0 aliphatic rings. The van der Waals surface area contributed by atoms with Crippen LogP contribution in [0.2, 0.25) is 0 Å². The van der Waals surface area contributed by atoms with Crippen molar-refractivity contribution in [3.05, 3.63) is 41.5 Å². The van der Waals surface area contributed by atoms with Crippen LogP contribution in [0.5, 0.6) is 5.75 Å². The maximum absolute atomic E-state index is 6.01. The monoisotopic (exact) mass is 372 g/mol. The highest BCUT2D eigenvalue weighted by Crippen LogP contribution is 2.20. The highest BCUT2D eigenvalue weighted by Gasteiger charge is 2.07. The third kappa shape index (κ3) is 6.58. The fraction of sp³-hybridized carbons (Fsp3) is 0.550. The largest absolute Gasteiger partial charge is 0.493 e. The highest BCUT2D eigenvalue weighted by atomic mass is 16.5. The number of aliphatic imine (C=N–C) groups is 1. The van der Waals surface area contributed by atoms with Crippen LogP contribution in [0.15, 0.2) is 29.5 Å². The predicted octanol–water partition coefficient (Wildman–Crippen LogP) is 3.04. The molecule has 1 heterocycles. The lowest BCUT2D eigenvalue weighted by Crippen LogP contribution is -2.37. The van der Waals surface area contributed by atoms with E-state index in [0.29, 0.717) is 13.1 Å². The van der Waals surface area contributed by atoms with E-state index in [1.165, 1.54) is 18.4 Å². The van der Waals surface area contributed by atoms with Gasteiger partial charge in [0, 0.05) is 25.7 Å². The number of aromatic nitrogens is 3. The zero-order valence-corrected chi connectivity index (χ0v) is 17.0. The molecule has 0 spiro atoms. The smallest absolute Gasteiger partial charge is 0.191 e. The van der Waals surface area contributed by atoms with E-state index in [0.717, 1.165) is 42.7 Å². The molecule has 7 nitrogen and oxygen atoms in total. The van der Waals surface area contributed by atoms with E-state index < -0.39 is 0 Å². The first-order chi connectivity index (χ1) is 13.2. The Balaban J connectivity index is 1.91. The van der Waals surface area contributed by atoms with Crippen LogP contribution in [0.25, 0.3) is 0 Å². The van der Waals surface area contributed by atoms with Crippen molar-refractivity contribution < 1.29 is 4.74 Å². The Morgan fingerprint density at radius 2 is 2.00 bits per heavy atom. The Kier molecular flexibility index (Phi) is 8.61. The normalized spacial score (nSPS) is 11.5. The number of nitrogens with zero attached hydrogens (tertiary/aromatic N) is 4. The summed E-state index contributed by atoms with van der Waals surface area (Å²) in [6.07, 6.45) is 5.21. The summed E-state index contributed by atoms with van der Waals surface area (Å²) in [5.74, 6) is 2.55. The number of nitrogens with one attached hydrogen (secondary N) is 2. The van der Waals surface area contributed by atoms with Crippen LogP contribution in [0.1, 0.15) is 50.1 Å². The molecule has 0 unspecified atom stereocenters. The molecule has 27 heavy (non-hydrogen) atoms. The first-order valence-electron chi connectivity index (χ1n) is 9.71. The van der Waals surface area contributed by atoms with Crippen molar-refractivity contribution in [2.45, 2.75) is 59.7 Å². The molecule has 0 fully saturated rings. The molecule has 0 saturated carbocycles. The van der Waals surface area contributed by atoms with Crippen LogP contribution in [-0.2, 0) is 19.6 Å². The zero-order chi connectivity index (χ0) is 19.5. The number of unbranched alkanes of at least 4 members (excludes halogenated alkanes) is 2. The molecule has 0 atom stereocenters. The second-order valence-electron chi connectivity index (χ2n) is 6.48. The Morgan fingerprint density at radius 1 is 1.19 bits per heavy atom. The lowest BCUT2D eigenvalue weighted by atomic mass is 10.1. The van der Waals surface area contributed by atoms with Gasteiger partial charge in [0.25, 0.3) is 0 Å². The van der Waals surface area contributed by atoms with Crippen molar-refractivity contribution in [2.24, 2.45) is 4.99 Å². The van der Waals surface area contributed by atoms with Crippen LogP contribution < -0.4 is 15.4 Å². The molecule has 1 aromatic heterocycles. The number of rotatable bonds is 10. The summed E-state index contributed by atoms with van der Waals surface area (Å²) >= 11 is 0. The molecule has 0 radical (unpaired) electrons. The molecule has 0 aliphatic heterocycles. The van der Waals surface area contributed by atoms with Gasteiger partial charge in [0.05, 0.1) is 13.2 Å². The van der Waals surface area contributed by atoms with Gasteiger partial charge in [-0.25, -0.2) is 0 Å². The van der Waals surface area contributed by atoms with E-state index >= 15 is 0 Å². The van der Waals surface area contributed by atoms with Crippen LogP contribution >= 0.6 is 0 Å². The van der Waals surface area contributed by atoms with Crippen molar-refractivity contribution in [3.8, 4) is 5.75 Å². The van der Waals surface area contributed by atoms with E-state index in [9.17, 15) is 0 Å². The van der Waals surface area contributed by atoms with E-state index in [2.05, 4.69) is 64.8 Å². The number of ether oxygens (including phenoxy) is 1. The zero-order valence-electron chi connectivity index (χ0n) is 17.0. The van der Waals surface area contributed by atoms with Gasteiger partial charge in [-0.15, -0.1) is 10.2 Å². The van der Waals surface area contributed by atoms with Crippen molar-refractivity contribution in [1.82, 2.24) is 25.4 Å². The average molecular weight is 373 g/mol. The average Bonchev–Trinajstić information content (AvgIpc) is 3.14. The van der Waals surface area contributed by atoms with Crippen molar-refractivity contribution in [1.29, 1.82) is 0 Å². The van der Waals surface area contributed by atoms with Crippen molar-refractivity contribution >= 4 is 5.96 Å². The van der Waals surface area contributed by atoms with Gasteiger partial charge in [-0.05, 0) is 31.9 Å². The quantitative estimate of drug-likeness (QED) is 0.381. The predicted molar refractivity (Wildman–Crippen MR) is 109 cm³/mol. The van der Waals surface area contributed by atoms with Gasteiger partial charge >= 0.3 is 0 Å². The molecule has 0 saturated heterocycles. The standard InChI is InChI=1S/C20H32N6O/c1-5-7-8-11-27-18-12-16(3)9-10-17(18)13-22-20(21-4)23-14-19-25-24-15-26(19)6-2/h9-10,12,15H,5-8,11,13-14H2,1-4H3,(H2,21,22,23). The SMILES string of the molecule is CCCCCOc1cc(C)ccc1CNC(=NC)NCc1nncn1CC. The molecule has 2 aromatic rings. The topological polar surface area (TPSA) is 76.4 Å². The molecule has 1 aromatic carbocycles. The number of benzene rings is 1. The summed E-state index contributed by atoms with van der Waals surface area (Å²) in [6, 6.07) is 6.32. The van der Waals surface area contributed by atoms with E-state index in [1.54, 1.807) is 13.4 Å². The summed E-state index contributed by atoms with van der Waals surface area (Å²) in [6.45, 7) is 9.16. The van der Waals surface area contributed by atoms with E-state index in [1.807, 2.05) is 4.57 Å². The lowest BCUT2D eigenvalue weighted by Gasteiger charge is -2.15. The second kappa shape index (κ2) is 11.2. The summed E-state index contributed by atoms with van der Waals surface area (Å²) < 4.78 is 8.02. The van der Waals surface area contributed by atoms with Gasteiger partial charge in [-0.3, -0.25) is 4.99 Å². The number of aryl methyl sites for hydroxylation is 2. The molecule has 7 heteroatoms. The van der Waals surface area contributed by atoms with Crippen molar-refractivity contribution in [3.63, 3.8) is 0 Å². The molecular formula is C20H32N6O. The molecular weight excluding hydrogens is 340 g/mol. The van der Waals surface area contributed by atoms with Gasteiger partial charge in [-0.2, -0.15) is 0 Å². The first-order valence-corrected chi connectivity index (χ1v) is 9.71. The molecule has 0 amide bonds. The Hall–Kier alpha value is -2.57. The fourth-order valence-electron chi connectivity index (χ4n) is 2.72. The molecule has 0 bridgehead atoms. The Bertz CT molecular complexity index is 725.